The number of nitrogens with zero attached hydrogens (tertiary/aromatic N) is 1. The van der Waals surface area contributed by atoms with Crippen LogP contribution in [0.25, 0.3) is 22.4 Å². The third-order valence-electron chi connectivity index (χ3n) is 5.21. The summed E-state index contributed by atoms with van der Waals surface area (Å²) < 4.78 is 10.8. The molecule has 9 heteroatoms. The predicted octanol–water partition coefficient (Wildman–Crippen LogP) is 4.55. The van der Waals surface area contributed by atoms with Gasteiger partial charge < -0.3 is 9.47 Å². The number of ether oxygens (including phenoxy) is 2. The van der Waals surface area contributed by atoms with Crippen LogP contribution in [-0.2, 0) is 4.79 Å². The Kier molecular flexibility index (Phi) is 7.32. The molecule has 2 amide bonds. The number of hydrogen-bond donors (Lipinski definition) is 3. The lowest BCUT2D eigenvalue weighted by molar-refractivity contribution is -0.123. The van der Waals surface area contributed by atoms with E-state index in [0.717, 1.165) is 22.4 Å². The molecule has 8 nitrogen and oxygen atoms in total. The Balaban J connectivity index is 1.46. The zero-order valence-corrected chi connectivity index (χ0v) is 19.8. The average molecular weight is 491 g/mol. The standard InChI is InChI=1S/C26H23ClN4O4/c1-16-3-5-17(6-4-16)23-24(18-7-11-20(27)12-8-18)29-31-26(23)35-15-22(32)28-30-25(33)19-9-13-21(34-2)14-10-19/h3-14H,15H2,1-2H3,(H,28,32)(H,29,31)(H,30,33). The Morgan fingerprint density at radius 2 is 1.57 bits per heavy atom. The smallest absolute Gasteiger partial charge is 0.276 e. The van der Waals surface area contributed by atoms with E-state index in [1.165, 1.54) is 7.11 Å². The zero-order valence-electron chi connectivity index (χ0n) is 19.1. The molecule has 0 saturated carbocycles. The molecule has 0 atom stereocenters. The average Bonchev–Trinajstić information content (AvgIpc) is 3.31. The Morgan fingerprint density at radius 3 is 2.23 bits per heavy atom. The Morgan fingerprint density at radius 1 is 0.914 bits per heavy atom. The maximum absolute atomic E-state index is 12.3. The van der Waals surface area contributed by atoms with Gasteiger partial charge in [-0.25, -0.2) is 0 Å². The first kappa shape index (κ1) is 23.8. The van der Waals surface area contributed by atoms with Crippen molar-refractivity contribution in [2.24, 2.45) is 0 Å². The first-order valence-corrected chi connectivity index (χ1v) is 11.1. The van der Waals surface area contributed by atoms with E-state index in [1.807, 2.05) is 43.3 Å². The highest BCUT2D eigenvalue weighted by Crippen LogP contribution is 2.37. The largest absolute Gasteiger partial charge is 0.497 e. The molecule has 0 unspecified atom stereocenters. The molecule has 1 heterocycles. The van der Waals surface area contributed by atoms with E-state index >= 15 is 0 Å². The van der Waals surface area contributed by atoms with Crippen LogP contribution < -0.4 is 20.3 Å². The van der Waals surface area contributed by atoms with Gasteiger partial charge in [0.25, 0.3) is 11.8 Å². The van der Waals surface area contributed by atoms with Gasteiger partial charge in [-0.1, -0.05) is 53.6 Å². The fraction of sp³-hybridized carbons (Fsp3) is 0.115. The first-order chi connectivity index (χ1) is 16.9. The molecule has 4 aromatic rings. The van der Waals surface area contributed by atoms with E-state index in [0.29, 0.717) is 21.9 Å². The van der Waals surface area contributed by atoms with Crippen molar-refractivity contribution in [2.45, 2.75) is 6.92 Å². The number of aromatic nitrogens is 2. The quantitative estimate of drug-likeness (QED) is 0.329. The number of carbonyl (C=O) groups is 2. The lowest BCUT2D eigenvalue weighted by Gasteiger charge is -2.10. The summed E-state index contributed by atoms with van der Waals surface area (Å²) in [6, 6.07) is 21.7. The highest BCUT2D eigenvalue weighted by molar-refractivity contribution is 6.30. The minimum absolute atomic E-state index is 0.260. The van der Waals surface area contributed by atoms with E-state index in [2.05, 4.69) is 21.0 Å². The Hall–Kier alpha value is -4.30. The number of rotatable bonds is 7. The molecule has 0 fully saturated rings. The van der Waals surface area contributed by atoms with Gasteiger partial charge in [-0.15, -0.1) is 5.10 Å². The topological polar surface area (TPSA) is 105 Å². The normalized spacial score (nSPS) is 10.5. The number of methoxy groups -OCH3 is 1. The number of aryl methyl sites for hydroxylation is 1. The van der Waals surface area contributed by atoms with Crippen molar-refractivity contribution >= 4 is 23.4 Å². The van der Waals surface area contributed by atoms with Crippen LogP contribution in [0.4, 0.5) is 0 Å². The summed E-state index contributed by atoms with van der Waals surface area (Å²) in [5, 5.41) is 7.90. The van der Waals surface area contributed by atoms with Gasteiger partial charge in [-0.2, -0.15) is 0 Å². The van der Waals surface area contributed by atoms with Crippen molar-refractivity contribution < 1.29 is 19.1 Å². The monoisotopic (exact) mass is 490 g/mol. The Labute approximate surface area is 207 Å². The van der Waals surface area contributed by atoms with Crippen molar-refractivity contribution in [3.05, 3.63) is 88.9 Å². The molecule has 3 N–H and O–H groups in total. The molecular weight excluding hydrogens is 468 g/mol. The number of aromatic amines is 1. The SMILES string of the molecule is COc1ccc(C(=O)NNC(=O)COc2n[nH]c(-c3ccc(Cl)cc3)c2-c2ccc(C)cc2)cc1. The van der Waals surface area contributed by atoms with Gasteiger partial charge in [0.15, 0.2) is 6.61 Å². The second-order valence-corrected chi connectivity index (χ2v) is 8.11. The highest BCUT2D eigenvalue weighted by Gasteiger charge is 2.19. The van der Waals surface area contributed by atoms with Crippen LogP contribution in [0, 0.1) is 6.92 Å². The van der Waals surface area contributed by atoms with E-state index in [1.54, 1.807) is 36.4 Å². The van der Waals surface area contributed by atoms with Crippen LogP contribution in [0.5, 0.6) is 11.6 Å². The maximum Gasteiger partial charge on any atom is 0.276 e. The summed E-state index contributed by atoms with van der Waals surface area (Å²) in [5.74, 6) is -0.125. The van der Waals surface area contributed by atoms with Gasteiger partial charge in [-0.3, -0.25) is 25.5 Å². The zero-order chi connectivity index (χ0) is 24.8. The number of benzene rings is 3. The number of hydrazine groups is 1. The van der Waals surface area contributed by atoms with E-state index in [-0.39, 0.29) is 12.5 Å². The minimum atomic E-state index is -0.544. The van der Waals surface area contributed by atoms with Crippen LogP contribution in [0.1, 0.15) is 15.9 Å². The van der Waals surface area contributed by atoms with Crippen molar-refractivity contribution in [2.75, 3.05) is 13.7 Å². The lowest BCUT2D eigenvalue weighted by atomic mass is 10.0. The van der Waals surface area contributed by atoms with Crippen molar-refractivity contribution in [1.82, 2.24) is 21.0 Å². The molecule has 178 valence electrons. The number of hydrogen-bond acceptors (Lipinski definition) is 5. The molecule has 0 radical (unpaired) electrons. The first-order valence-electron chi connectivity index (χ1n) is 10.7. The molecule has 0 spiro atoms. The van der Waals surface area contributed by atoms with E-state index < -0.39 is 11.8 Å². The van der Waals surface area contributed by atoms with Crippen molar-refractivity contribution in [3.63, 3.8) is 0 Å². The lowest BCUT2D eigenvalue weighted by Crippen LogP contribution is -2.43. The molecule has 1 aromatic heterocycles. The van der Waals surface area contributed by atoms with Gasteiger partial charge in [-0.05, 0) is 48.9 Å². The predicted molar refractivity (Wildman–Crippen MR) is 133 cm³/mol. The number of H-pyrrole nitrogens is 1. The molecule has 0 aliphatic rings. The van der Waals surface area contributed by atoms with Gasteiger partial charge in [0.2, 0.25) is 5.88 Å². The Bertz CT molecular complexity index is 1320. The number of carbonyl (C=O) groups excluding carboxylic acids is 2. The number of nitrogens with one attached hydrogen (secondary N) is 3. The fourth-order valence-corrected chi connectivity index (χ4v) is 3.48. The molecule has 4 rings (SSSR count). The van der Waals surface area contributed by atoms with Crippen molar-refractivity contribution in [1.29, 1.82) is 0 Å². The van der Waals surface area contributed by atoms with Gasteiger partial charge >= 0.3 is 0 Å². The number of amides is 2. The third kappa shape index (κ3) is 5.80. The van der Waals surface area contributed by atoms with E-state index in [4.69, 9.17) is 21.1 Å². The van der Waals surface area contributed by atoms with Crippen LogP contribution in [0.3, 0.4) is 0 Å². The highest BCUT2D eigenvalue weighted by atomic mass is 35.5. The molecule has 0 aliphatic carbocycles. The summed E-state index contributed by atoms with van der Waals surface area (Å²) >= 11 is 6.04. The summed E-state index contributed by atoms with van der Waals surface area (Å²) in [6.07, 6.45) is 0. The summed E-state index contributed by atoms with van der Waals surface area (Å²) in [6.45, 7) is 1.65. The molecule has 0 saturated heterocycles. The van der Waals surface area contributed by atoms with Crippen LogP contribution in [0.15, 0.2) is 72.8 Å². The second kappa shape index (κ2) is 10.8. The van der Waals surface area contributed by atoms with E-state index in [9.17, 15) is 9.59 Å². The van der Waals surface area contributed by atoms with Gasteiger partial charge in [0, 0.05) is 16.1 Å². The summed E-state index contributed by atoms with van der Waals surface area (Å²) in [7, 11) is 1.54. The molecule has 3 aromatic carbocycles. The molecule has 35 heavy (non-hydrogen) atoms. The summed E-state index contributed by atoms with van der Waals surface area (Å²) in [5.41, 5.74) is 9.36. The molecular formula is C26H23ClN4O4. The summed E-state index contributed by atoms with van der Waals surface area (Å²) in [4.78, 5) is 24.6. The molecule has 0 bridgehead atoms. The third-order valence-corrected chi connectivity index (χ3v) is 5.47. The van der Waals surface area contributed by atoms with Crippen LogP contribution in [-0.4, -0.2) is 35.7 Å². The van der Waals surface area contributed by atoms with Crippen molar-refractivity contribution in [3.8, 4) is 34.0 Å². The minimum Gasteiger partial charge on any atom is -0.497 e. The van der Waals surface area contributed by atoms with Crippen LogP contribution in [0.2, 0.25) is 5.02 Å². The van der Waals surface area contributed by atoms with Crippen LogP contribution >= 0.6 is 11.6 Å². The molecule has 0 aliphatic heterocycles. The fourth-order valence-electron chi connectivity index (χ4n) is 3.35. The van der Waals surface area contributed by atoms with Gasteiger partial charge in [0.05, 0.1) is 18.4 Å². The van der Waals surface area contributed by atoms with Gasteiger partial charge in [0.1, 0.15) is 5.75 Å². The maximum atomic E-state index is 12.3. The number of halogens is 1. The second-order valence-electron chi connectivity index (χ2n) is 7.67.